The van der Waals surface area contributed by atoms with Gasteiger partial charge in [-0.1, -0.05) is 31.0 Å². The summed E-state index contributed by atoms with van der Waals surface area (Å²) in [5, 5.41) is 13.1. The lowest BCUT2D eigenvalue weighted by Gasteiger charge is -2.20. The van der Waals surface area contributed by atoms with Gasteiger partial charge in [-0.05, 0) is 56.2 Å². The molecular weight excluding hydrogens is 344 g/mol. The maximum Gasteiger partial charge on any atom is 0.262 e. The molecule has 0 spiro atoms. The number of ether oxygens (including phenoxy) is 1. The van der Waals surface area contributed by atoms with Crippen LogP contribution in [0.15, 0.2) is 18.2 Å². The minimum Gasteiger partial charge on any atom is -0.483 e. The van der Waals surface area contributed by atoms with E-state index in [9.17, 15) is 10.1 Å². The summed E-state index contributed by atoms with van der Waals surface area (Å²) in [5.74, 6) is 1.17. The Morgan fingerprint density at radius 3 is 2.92 bits per heavy atom. The number of anilines is 1. The average Bonchev–Trinajstić information content (AvgIpc) is 2.96. The molecule has 1 amide bonds. The maximum absolute atomic E-state index is 12.3. The first-order valence-corrected chi connectivity index (χ1v) is 9.88. The minimum absolute atomic E-state index is 0.0606. The van der Waals surface area contributed by atoms with Gasteiger partial charge in [-0.3, -0.25) is 4.79 Å². The van der Waals surface area contributed by atoms with Gasteiger partial charge in [-0.15, -0.1) is 11.3 Å². The molecule has 3 rings (SSSR count). The Hall–Kier alpha value is -2.32. The molecule has 1 aromatic carbocycles. The van der Waals surface area contributed by atoms with Gasteiger partial charge in [0.2, 0.25) is 0 Å². The molecule has 0 aliphatic heterocycles. The van der Waals surface area contributed by atoms with Crippen LogP contribution in [0.2, 0.25) is 0 Å². The van der Waals surface area contributed by atoms with Crippen LogP contribution >= 0.6 is 11.3 Å². The number of nitrogens with zero attached hydrogens (tertiary/aromatic N) is 1. The molecule has 0 unspecified atom stereocenters. The van der Waals surface area contributed by atoms with E-state index in [1.807, 2.05) is 32.0 Å². The van der Waals surface area contributed by atoms with Gasteiger partial charge in [0.25, 0.3) is 5.91 Å². The third-order valence-corrected chi connectivity index (χ3v) is 6.17. The zero-order chi connectivity index (χ0) is 18.7. The monoisotopic (exact) mass is 368 g/mol. The number of carbonyl (C=O) groups is 1. The summed E-state index contributed by atoms with van der Waals surface area (Å²) in [4.78, 5) is 13.6. The Kier molecular flexibility index (Phi) is 5.63. The van der Waals surface area contributed by atoms with Gasteiger partial charge in [-0.25, -0.2) is 0 Å². The number of carbonyl (C=O) groups excluding carboxylic acids is 1. The number of benzene rings is 1. The molecule has 5 heteroatoms. The molecule has 1 N–H and O–H groups in total. The van der Waals surface area contributed by atoms with Gasteiger partial charge < -0.3 is 10.1 Å². The third kappa shape index (κ3) is 3.91. The molecule has 0 saturated heterocycles. The lowest BCUT2D eigenvalue weighted by molar-refractivity contribution is -0.118. The quantitative estimate of drug-likeness (QED) is 0.827. The van der Waals surface area contributed by atoms with Crippen LogP contribution in [-0.4, -0.2) is 12.5 Å². The number of aryl methyl sites for hydroxylation is 2. The molecule has 1 aliphatic carbocycles. The van der Waals surface area contributed by atoms with Crippen LogP contribution in [0.5, 0.6) is 5.75 Å². The lowest BCUT2D eigenvalue weighted by Crippen LogP contribution is -2.20. The zero-order valence-electron chi connectivity index (χ0n) is 15.5. The van der Waals surface area contributed by atoms with Crippen molar-refractivity contribution in [3.8, 4) is 11.8 Å². The van der Waals surface area contributed by atoms with Crippen molar-refractivity contribution in [1.29, 1.82) is 5.26 Å². The van der Waals surface area contributed by atoms with Crippen molar-refractivity contribution < 1.29 is 9.53 Å². The fourth-order valence-corrected chi connectivity index (χ4v) is 4.80. The van der Waals surface area contributed by atoms with Gasteiger partial charge in [0.15, 0.2) is 6.61 Å². The second-order valence-corrected chi connectivity index (χ2v) is 8.05. The first kappa shape index (κ1) is 18.5. The fraction of sp³-hybridized carbons (Fsp3) is 0.429. The molecular formula is C21H24N2O2S. The van der Waals surface area contributed by atoms with E-state index in [4.69, 9.17) is 4.74 Å². The Morgan fingerprint density at radius 1 is 1.42 bits per heavy atom. The molecule has 2 aromatic rings. The van der Waals surface area contributed by atoms with Gasteiger partial charge in [0.05, 0.1) is 5.56 Å². The molecule has 0 fully saturated rings. The summed E-state index contributed by atoms with van der Waals surface area (Å²) >= 11 is 1.55. The molecule has 136 valence electrons. The fourth-order valence-electron chi connectivity index (χ4n) is 3.48. The van der Waals surface area contributed by atoms with Crippen LogP contribution < -0.4 is 10.1 Å². The standard InChI is InChI=1S/C21H24N2O2S/c1-4-15-6-7-16-17(11-22)21(26-19(16)10-15)23-20(24)12-25-18-8-5-13(2)9-14(18)3/h5,8-9,15H,4,6-7,10,12H2,1-3H3,(H,23,24)/t15-/m0/s1. The lowest BCUT2D eigenvalue weighted by atomic mass is 9.86. The summed E-state index contributed by atoms with van der Waals surface area (Å²) in [7, 11) is 0. The van der Waals surface area contributed by atoms with Crippen LogP contribution in [0, 0.1) is 31.1 Å². The Bertz CT molecular complexity index is 864. The maximum atomic E-state index is 12.3. The van der Waals surface area contributed by atoms with Crippen molar-refractivity contribution in [2.75, 3.05) is 11.9 Å². The Morgan fingerprint density at radius 2 is 2.23 bits per heavy atom. The van der Waals surface area contributed by atoms with E-state index < -0.39 is 0 Å². The highest BCUT2D eigenvalue weighted by Gasteiger charge is 2.25. The van der Waals surface area contributed by atoms with Crippen LogP contribution in [-0.2, 0) is 17.6 Å². The molecule has 1 atom stereocenters. The molecule has 0 saturated carbocycles. The van der Waals surface area contributed by atoms with Crippen LogP contribution in [0.4, 0.5) is 5.00 Å². The predicted molar refractivity (Wildman–Crippen MR) is 105 cm³/mol. The Balaban J connectivity index is 1.68. The number of thiophene rings is 1. The summed E-state index contributed by atoms with van der Waals surface area (Å²) in [6, 6.07) is 8.16. The third-order valence-electron chi connectivity index (χ3n) is 5.00. The molecule has 1 aromatic heterocycles. The molecule has 1 heterocycles. The molecule has 26 heavy (non-hydrogen) atoms. The van der Waals surface area contributed by atoms with E-state index in [-0.39, 0.29) is 12.5 Å². The van der Waals surface area contributed by atoms with Gasteiger partial charge in [0, 0.05) is 4.88 Å². The van der Waals surface area contributed by atoms with E-state index in [0.29, 0.717) is 22.2 Å². The predicted octanol–water partition coefficient (Wildman–Crippen LogP) is 4.77. The van der Waals surface area contributed by atoms with Crippen molar-refractivity contribution >= 4 is 22.2 Å². The first-order valence-electron chi connectivity index (χ1n) is 9.06. The minimum atomic E-state index is -0.230. The summed E-state index contributed by atoms with van der Waals surface area (Å²) < 4.78 is 5.65. The average molecular weight is 369 g/mol. The topological polar surface area (TPSA) is 62.1 Å². The van der Waals surface area contributed by atoms with E-state index in [1.54, 1.807) is 11.3 Å². The molecule has 1 aliphatic rings. The first-order chi connectivity index (χ1) is 12.5. The second kappa shape index (κ2) is 7.92. The number of nitrogens with one attached hydrogen (secondary N) is 1. The molecule has 0 radical (unpaired) electrons. The van der Waals surface area contributed by atoms with Crippen molar-refractivity contribution in [2.24, 2.45) is 5.92 Å². The summed E-state index contributed by atoms with van der Waals surface area (Å²) in [6.07, 6.45) is 4.23. The number of amides is 1. The highest BCUT2D eigenvalue weighted by molar-refractivity contribution is 7.16. The van der Waals surface area contributed by atoms with Crippen LogP contribution in [0.1, 0.15) is 46.9 Å². The molecule has 4 nitrogen and oxygen atoms in total. The SMILES string of the molecule is CC[C@H]1CCc2c(sc(NC(=O)COc3ccc(C)cc3C)c2C#N)C1. The van der Waals surface area contributed by atoms with E-state index >= 15 is 0 Å². The summed E-state index contributed by atoms with van der Waals surface area (Å²) in [6.45, 7) is 6.14. The highest BCUT2D eigenvalue weighted by atomic mass is 32.1. The number of rotatable bonds is 5. The number of fused-ring (bicyclic) bond motifs is 1. The number of hydrogen-bond acceptors (Lipinski definition) is 4. The van der Waals surface area contributed by atoms with E-state index in [2.05, 4.69) is 18.3 Å². The number of hydrogen-bond donors (Lipinski definition) is 1. The normalized spacial score (nSPS) is 15.8. The van der Waals surface area contributed by atoms with Crippen molar-refractivity contribution in [3.63, 3.8) is 0 Å². The van der Waals surface area contributed by atoms with Gasteiger partial charge in [0.1, 0.15) is 16.8 Å². The highest BCUT2D eigenvalue weighted by Crippen LogP contribution is 2.39. The summed E-state index contributed by atoms with van der Waals surface area (Å²) in [5.41, 5.74) is 3.94. The second-order valence-electron chi connectivity index (χ2n) is 6.94. The van der Waals surface area contributed by atoms with Gasteiger partial charge >= 0.3 is 0 Å². The zero-order valence-corrected chi connectivity index (χ0v) is 16.3. The van der Waals surface area contributed by atoms with Crippen LogP contribution in [0.25, 0.3) is 0 Å². The van der Waals surface area contributed by atoms with Crippen LogP contribution in [0.3, 0.4) is 0 Å². The van der Waals surface area contributed by atoms with Crippen molar-refractivity contribution in [2.45, 2.75) is 46.5 Å². The van der Waals surface area contributed by atoms with Crippen molar-refractivity contribution in [1.82, 2.24) is 0 Å². The van der Waals surface area contributed by atoms with E-state index in [0.717, 1.165) is 42.4 Å². The molecule has 0 bridgehead atoms. The van der Waals surface area contributed by atoms with Crippen molar-refractivity contribution in [3.05, 3.63) is 45.3 Å². The van der Waals surface area contributed by atoms with Gasteiger partial charge in [-0.2, -0.15) is 5.26 Å². The largest absolute Gasteiger partial charge is 0.483 e. The van der Waals surface area contributed by atoms with E-state index in [1.165, 1.54) is 4.88 Å². The Labute approximate surface area is 158 Å². The smallest absolute Gasteiger partial charge is 0.262 e. The number of nitriles is 1.